The van der Waals surface area contributed by atoms with Crippen molar-refractivity contribution in [3.63, 3.8) is 0 Å². The van der Waals surface area contributed by atoms with Gasteiger partial charge in [0.05, 0.1) is 0 Å². The number of hydrogen-bond acceptors (Lipinski definition) is 2. The lowest BCUT2D eigenvalue weighted by Crippen LogP contribution is -2.59. The van der Waals surface area contributed by atoms with Crippen LogP contribution in [-0.2, 0) is 11.3 Å². The number of likely N-dealkylation sites (tertiary alicyclic amines) is 2. The summed E-state index contributed by atoms with van der Waals surface area (Å²) >= 11 is 0. The highest BCUT2D eigenvalue weighted by atomic mass is 16.2. The van der Waals surface area contributed by atoms with Crippen molar-refractivity contribution in [2.75, 3.05) is 13.1 Å². The van der Waals surface area contributed by atoms with Gasteiger partial charge < -0.3 is 4.90 Å². The Morgan fingerprint density at radius 3 is 2.76 bits per heavy atom. The molecule has 3 heteroatoms. The molecule has 3 nitrogen and oxygen atoms in total. The summed E-state index contributed by atoms with van der Waals surface area (Å²) in [6, 6.07) is 11.5. The molecule has 0 aliphatic carbocycles. The Bertz CT molecular complexity index is 499. The molecule has 1 aromatic carbocycles. The molecule has 0 aromatic heterocycles. The molecule has 1 aromatic rings. The van der Waals surface area contributed by atoms with Crippen LogP contribution in [0, 0.1) is 0 Å². The monoisotopic (exact) mass is 284 g/mol. The zero-order chi connectivity index (χ0) is 14.7. The molecular weight excluding hydrogens is 260 g/mol. The van der Waals surface area contributed by atoms with Crippen LogP contribution in [0.1, 0.15) is 31.2 Å². The molecule has 0 N–H and O–H groups in total. The number of nitrogens with zero attached hydrogens (tertiary/aromatic N) is 2. The predicted molar refractivity (Wildman–Crippen MR) is 84.8 cm³/mol. The van der Waals surface area contributed by atoms with Gasteiger partial charge in [0, 0.05) is 31.6 Å². The highest BCUT2D eigenvalue weighted by molar-refractivity contribution is 5.77. The van der Waals surface area contributed by atoms with Crippen LogP contribution < -0.4 is 0 Å². The van der Waals surface area contributed by atoms with Gasteiger partial charge in [0.25, 0.3) is 0 Å². The van der Waals surface area contributed by atoms with Gasteiger partial charge in [-0.2, -0.15) is 0 Å². The molecule has 0 bridgehead atoms. The molecule has 1 amide bonds. The molecule has 2 atom stereocenters. The number of benzene rings is 1. The van der Waals surface area contributed by atoms with E-state index in [2.05, 4.69) is 46.7 Å². The van der Waals surface area contributed by atoms with Crippen LogP contribution in [0.25, 0.3) is 0 Å². The van der Waals surface area contributed by atoms with Crippen molar-refractivity contribution in [3.05, 3.63) is 48.6 Å². The van der Waals surface area contributed by atoms with Gasteiger partial charge in [0.1, 0.15) is 0 Å². The molecule has 0 spiro atoms. The van der Waals surface area contributed by atoms with Gasteiger partial charge in [0.2, 0.25) is 5.91 Å². The summed E-state index contributed by atoms with van der Waals surface area (Å²) < 4.78 is 0. The van der Waals surface area contributed by atoms with Crippen molar-refractivity contribution in [3.8, 4) is 0 Å². The van der Waals surface area contributed by atoms with Crippen molar-refractivity contribution in [2.45, 2.75) is 44.3 Å². The van der Waals surface area contributed by atoms with E-state index >= 15 is 0 Å². The third-order valence-corrected chi connectivity index (χ3v) is 4.79. The van der Waals surface area contributed by atoms with Gasteiger partial charge >= 0.3 is 0 Å². The number of carbonyl (C=O) groups is 1. The minimum Gasteiger partial charge on any atom is -0.334 e. The summed E-state index contributed by atoms with van der Waals surface area (Å²) in [4.78, 5) is 16.8. The molecule has 0 unspecified atom stereocenters. The number of fused-ring (bicyclic) bond motifs is 1. The van der Waals surface area contributed by atoms with E-state index in [9.17, 15) is 4.79 Å². The number of amides is 1. The van der Waals surface area contributed by atoms with Crippen LogP contribution in [0.15, 0.2) is 43.0 Å². The maximum Gasteiger partial charge on any atom is 0.223 e. The summed E-state index contributed by atoms with van der Waals surface area (Å²) in [6.07, 6.45) is 5.85. The fraction of sp³-hybridized carbons (Fsp3) is 0.500. The summed E-state index contributed by atoms with van der Waals surface area (Å²) in [5.41, 5.74) is 1.37. The highest BCUT2D eigenvalue weighted by Gasteiger charge is 2.40. The number of piperidine rings is 2. The van der Waals surface area contributed by atoms with Crippen molar-refractivity contribution in [1.82, 2.24) is 9.80 Å². The average Bonchev–Trinajstić information content (AvgIpc) is 2.51. The zero-order valence-corrected chi connectivity index (χ0v) is 12.6. The van der Waals surface area contributed by atoms with Crippen LogP contribution in [-0.4, -0.2) is 40.9 Å². The van der Waals surface area contributed by atoms with Gasteiger partial charge in [-0.25, -0.2) is 0 Å². The molecule has 2 saturated heterocycles. The Hall–Kier alpha value is -1.61. The van der Waals surface area contributed by atoms with E-state index in [0.29, 0.717) is 31.0 Å². The molecule has 0 radical (unpaired) electrons. The second-order valence-corrected chi connectivity index (χ2v) is 6.11. The Morgan fingerprint density at radius 2 is 2.00 bits per heavy atom. The molecule has 21 heavy (non-hydrogen) atoms. The van der Waals surface area contributed by atoms with Crippen LogP contribution in [0.5, 0.6) is 0 Å². The minimum absolute atomic E-state index is 0.303. The van der Waals surface area contributed by atoms with Crippen molar-refractivity contribution in [1.29, 1.82) is 0 Å². The normalized spacial score (nSPS) is 26.5. The van der Waals surface area contributed by atoms with Crippen molar-refractivity contribution < 1.29 is 4.79 Å². The lowest BCUT2D eigenvalue weighted by atomic mass is 9.87. The number of hydrogen-bond donors (Lipinski definition) is 0. The lowest BCUT2D eigenvalue weighted by Gasteiger charge is -2.49. The fourth-order valence-electron chi connectivity index (χ4n) is 3.83. The van der Waals surface area contributed by atoms with Gasteiger partial charge in [-0.05, 0) is 31.4 Å². The second kappa shape index (κ2) is 6.44. The second-order valence-electron chi connectivity index (χ2n) is 6.11. The van der Waals surface area contributed by atoms with E-state index in [1.54, 1.807) is 0 Å². The third-order valence-electron chi connectivity index (χ3n) is 4.79. The van der Waals surface area contributed by atoms with Crippen molar-refractivity contribution in [2.24, 2.45) is 0 Å². The van der Waals surface area contributed by atoms with Crippen LogP contribution in [0.3, 0.4) is 0 Å². The molecule has 2 aliphatic heterocycles. The van der Waals surface area contributed by atoms with Gasteiger partial charge in [0.15, 0.2) is 0 Å². The first-order chi connectivity index (χ1) is 10.3. The van der Waals surface area contributed by atoms with E-state index in [4.69, 9.17) is 0 Å². The Balaban J connectivity index is 1.75. The number of rotatable bonds is 4. The first-order valence-electron chi connectivity index (χ1n) is 7.98. The molecule has 0 saturated carbocycles. The molecule has 112 valence electrons. The topological polar surface area (TPSA) is 23.6 Å². The summed E-state index contributed by atoms with van der Waals surface area (Å²) in [6.45, 7) is 6.64. The number of carbonyl (C=O) groups excluding carboxylic acids is 1. The van der Waals surface area contributed by atoms with Gasteiger partial charge in [-0.15, -0.1) is 6.58 Å². The largest absolute Gasteiger partial charge is 0.334 e. The SMILES string of the molecule is C=CCN1C(=O)CC[C@@H]2[C@@H]1CCCN2Cc1ccccc1. The summed E-state index contributed by atoms with van der Waals surface area (Å²) in [5, 5.41) is 0. The van der Waals surface area contributed by atoms with Crippen LogP contribution >= 0.6 is 0 Å². The standard InChI is InChI=1S/C18H24N2O/c1-2-12-20-17-9-6-13-19(16(17)10-11-18(20)21)14-15-7-4-3-5-8-15/h2-5,7-8,16-17H,1,6,9-14H2/t16-,17+/m1/s1. The Kier molecular flexibility index (Phi) is 4.39. The fourth-order valence-corrected chi connectivity index (χ4v) is 3.83. The van der Waals surface area contributed by atoms with Crippen LogP contribution in [0.4, 0.5) is 0 Å². The Labute approximate surface area is 127 Å². The Morgan fingerprint density at radius 1 is 1.19 bits per heavy atom. The maximum atomic E-state index is 12.2. The van der Waals surface area contributed by atoms with E-state index < -0.39 is 0 Å². The predicted octanol–water partition coefficient (Wildman–Crippen LogP) is 2.83. The van der Waals surface area contributed by atoms with E-state index in [1.807, 2.05) is 6.08 Å². The molecular formula is C18H24N2O. The molecule has 3 rings (SSSR count). The van der Waals surface area contributed by atoms with Gasteiger partial charge in [-0.1, -0.05) is 36.4 Å². The molecule has 2 aliphatic rings. The molecule has 2 heterocycles. The third kappa shape index (κ3) is 3.03. The quantitative estimate of drug-likeness (QED) is 0.794. The summed E-state index contributed by atoms with van der Waals surface area (Å²) in [7, 11) is 0. The van der Waals surface area contributed by atoms with E-state index in [0.717, 1.165) is 25.9 Å². The first-order valence-corrected chi connectivity index (χ1v) is 7.98. The summed E-state index contributed by atoms with van der Waals surface area (Å²) in [5.74, 6) is 0.303. The molecule has 2 fully saturated rings. The minimum atomic E-state index is 0.303. The van der Waals surface area contributed by atoms with Crippen molar-refractivity contribution >= 4 is 5.91 Å². The maximum absolute atomic E-state index is 12.2. The smallest absolute Gasteiger partial charge is 0.223 e. The lowest BCUT2D eigenvalue weighted by molar-refractivity contribution is -0.140. The first kappa shape index (κ1) is 14.3. The van der Waals surface area contributed by atoms with Crippen LogP contribution in [0.2, 0.25) is 0 Å². The van der Waals surface area contributed by atoms with E-state index in [1.165, 1.54) is 12.0 Å². The highest BCUT2D eigenvalue weighted by Crippen LogP contribution is 2.31. The van der Waals surface area contributed by atoms with Gasteiger partial charge in [-0.3, -0.25) is 9.69 Å². The zero-order valence-electron chi connectivity index (χ0n) is 12.6. The average molecular weight is 284 g/mol. The van der Waals surface area contributed by atoms with E-state index in [-0.39, 0.29) is 0 Å².